The Bertz CT molecular complexity index is 489. The maximum absolute atomic E-state index is 12.0. The Hall–Kier alpha value is -2.04. The molecule has 1 aromatic carbocycles. The number of carboxylic acids is 1. The van der Waals surface area contributed by atoms with Crippen LogP contribution >= 0.6 is 0 Å². The minimum absolute atomic E-state index is 0.0258. The fraction of sp³-hybridized carbons (Fsp3) is 0.429. The Labute approximate surface area is 112 Å². The lowest BCUT2D eigenvalue weighted by Crippen LogP contribution is -2.24. The number of esters is 1. The van der Waals surface area contributed by atoms with Gasteiger partial charge in [0.1, 0.15) is 5.60 Å². The predicted octanol–water partition coefficient (Wildman–Crippen LogP) is 2.24. The van der Waals surface area contributed by atoms with E-state index in [9.17, 15) is 9.59 Å². The van der Waals surface area contributed by atoms with Gasteiger partial charge in [-0.05, 0) is 38.8 Å². The number of aliphatic carboxylic acids is 1. The second-order valence-electron chi connectivity index (χ2n) is 5.27. The largest absolute Gasteiger partial charge is 0.481 e. The van der Waals surface area contributed by atoms with Crippen LogP contribution < -0.4 is 5.73 Å². The number of para-hydroxylation sites is 1. The summed E-state index contributed by atoms with van der Waals surface area (Å²) < 4.78 is 5.25. The van der Waals surface area contributed by atoms with Gasteiger partial charge >= 0.3 is 11.9 Å². The average molecular weight is 265 g/mol. The Kier molecular flexibility index (Phi) is 4.53. The molecule has 0 saturated carbocycles. The second-order valence-corrected chi connectivity index (χ2v) is 5.27. The summed E-state index contributed by atoms with van der Waals surface area (Å²) in [6, 6.07) is 4.96. The standard InChI is InChI=1S/C14H19NO4/c1-14(2,3)19-13(18)10-6-4-5-9(12(10)15)7-8-11(16)17/h4-6H,7-8,15H2,1-3H3,(H,16,17). The van der Waals surface area contributed by atoms with E-state index in [0.717, 1.165) is 0 Å². The van der Waals surface area contributed by atoms with E-state index in [1.807, 2.05) is 0 Å². The summed E-state index contributed by atoms with van der Waals surface area (Å²) in [7, 11) is 0. The molecule has 0 atom stereocenters. The number of nitrogens with two attached hydrogens (primary N) is 1. The van der Waals surface area contributed by atoms with Gasteiger partial charge in [0.15, 0.2) is 0 Å². The first kappa shape index (κ1) is 15.0. The molecule has 3 N–H and O–H groups in total. The molecule has 0 fully saturated rings. The number of carbonyl (C=O) groups excluding carboxylic acids is 1. The lowest BCUT2D eigenvalue weighted by Gasteiger charge is -2.20. The zero-order chi connectivity index (χ0) is 14.6. The van der Waals surface area contributed by atoms with Crippen molar-refractivity contribution in [3.63, 3.8) is 0 Å². The number of aryl methyl sites for hydroxylation is 1. The third kappa shape index (κ3) is 4.62. The first-order chi connectivity index (χ1) is 8.70. The molecule has 0 aliphatic rings. The summed E-state index contributed by atoms with van der Waals surface area (Å²) in [5.74, 6) is -1.40. The molecule has 0 heterocycles. The van der Waals surface area contributed by atoms with Crippen molar-refractivity contribution >= 4 is 17.6 Å². The highest BCUT2D eigenvalue weighted by atomic mass is 16.6. The smallest absolute Gasteiger partial charge is 0.340 e. The molecule has 0 unspecified atom stereocenters. The number of ether oxygens (including phenoxy) is 1. The maximum Gasteiger partial charge on any atom is 0.340 e. The molecule has 0 aliphatic heterocycles. The van der Waals surface area contributed by atoms with Crippen molar-refractivity contribution in [1.82, 2.24) is 0 Å². The van der Waals surface area contributed by atoms with Gasteiger partial charge in [0.25, 0.3) is 0 Å². The molecule has 0 saturated heterocycles. The van der Waals surface area contributed by atoms with Crippen molar-refractivity contribution in [3.05, 3.63) is 29.3 Å². The normalized spacial score (nSPS) is 11.1. The summed E-state index contributed by atoms with van der Waals surface area (Å²) >= 11 is 0. The lowest BCUT2D eigenvalue weighted by atomic mass is 10.0. The van der Waals surface area contributed by atoms with E-state index in [-0.39, 0.29) is 24.1 Å². The fourth-order valence-corrected chi connectivity index (χ4v) is 1.58. The molecule has 0 aromatic heterocycles. The van der Waals surface area contributed by atoms with Crippen molar-refractivity contribution in [2.45, 2.75) is 39.2 Å². The number of carboxylic acid groups (broad SMARTS) is 1. The van der Waals surface area contributed by atoms with Gasteiger partial charge in [-0.25, -0.2) is 4.79 Å². The monoisotopic (exact) mass is 265 g/mol. The maximum atomic E-state index is 12.0. The Morgan fingerprint density at radius 3 is 2.47 bits per heavy atom. The van der Waals surface area contributed by atoms with Crippen LogP contribution in [0.5, 0.6) is 0 Å². The molecule has 104 valence electrons. The van der Waals surface area contributed by atoms with Crippen LogP contribution in [0.25, 0.3) is 0 Å². The minimum Gasteiger partial charge on any atom is -0.481 e. The van der Waals surface area contributed by atoms with Crippen molar-refractivity contribution in [3.8, 4) is 0 Å². The summed E-state index contributed by atoms with van der Waals surface area (Å²) in [4.78, 5) is 22.5. The van der Waals surface area contributed by atoms with Gasteiger partial charge in [-0.3, -0.25) is 4.79 Å². The van der Waals surface area contributed by atoms with Crippen LogP contribution in [0.1, 0.15) is 43.1 Å². The first-order valence-electron chi connectivity index (χ1n) is 6.03. The number of carbonyl (C=O) groups is 2. The zero-order valence-electron chi connectivity index (χ0n) is 11.4. The molecule has 1 rings (SSSR count). The zero-order valence-corrected chi connectivity index (χ0v) is 11.4. The Balaban J connectivity index is 2.94. The molecule has 0 spiro atoms. The lowest BCUT2D eigenvalue weighted by molar-refractivity contribution is -0.136. The van der Waals surface area contributed by atoms with Crippen LogP contribution in [0.15, 0.2) is 18.2 Å². The van der Waals surface area contributed by atoms with E-state index in [1.165, 1.54) is 0 Å². The molecule has 19 heavy (non-hydrogen) atoms. The van der Waals surface area contributed by atoms with Gasteiger partial charge < -0.3 is 15.6 Å². The summed E-state index contributed by atoms with van der Waals surface area (Å²) in [5, 5.41) is 8.66. The summed E-state index contributed by atoms with van der Waals surface area (Å²) in [6.45, 7) is 5.32. The van der Waals surface area contributed by atoms with Gasteiger partial charge in [0.2, 0.25) is 0 Å². The van der Waals surface area contributed by atoms with Crippen LogP contribution in [0, 0.1) is 0 Å². The van der Waals surface area contributed by atoms with Crippen LogP contribution in [0.4, 0.5) is 5.69 Å². The molecule has 0 radical (unpaired) electrons. The predicted molar refractivity (Wildman–Crippen MR) is 72.0 cm³/mol. The summed E-state index contributed by atoms with van der Waals surface area (Å²) in [6.07, 6.45) is 0.264. The third-order valence-electron chi connectivity index (χ3n) is 2.42. The molecule has 0 amide bonds. The van der Waals surface area contributed by atoms with E-state index < -0.39 is 17.5 Å². The highest BCUT2D eigenvalue weighted by Crippen LogP contribution is 2.22. The molecule has 0 aliphatic carbocycles. The van der Waals surface area contributed by atoms with Gasteiger partial charge in [0.05, 0.1) is 5.56 Å². The van der Waals surface area contributed by atoms with Crippen LogP contribution in [-0.2, 0) is 16.0 Å². The highest BCUT2D eigenvalue weighted by molar-refractivity contribution is 5.96. The number of nitrogen functional groups attached to an aromatic ring is 1. The SMILES string of the molecule is CC(C)(C)OC(=O)c1cccc(CCC(=O)O)c1N. The van der Waals surface area contributed by atoms with Gasteiger partial charge in [-0.2, -0.15) is 0 Å². The van der Waals surface area contributed by atoms with Crippen molar-refractivity contribution in [2.24, 2.45) is 0 Å². The number of hydrogen-bond donors (Lipinski definition) is 2. The quantitative estimate of drug-likeness (QED) is 0.643. The molecule has 0 bridgehead atoms. The third-order valence-corrected chi connectivity index (χ3v) is 2.42. The Morgan fingerprint density at radius 2 is 1.95 bits per heavy atom. The topological polar surface area (TPSA) is 89.6 Å². The average Bonchev–Trinajstić information content (AvgIpc) is 2.25. The number of anilines is 1. The highest BCUT2D eigenvalue weighted by Gasteiger charge is 2.20. The number of benzene rings is 1. The van der Waals surface area contributed by atoms with Gasteiger partial charge in [-0.1, -0.05) is 12.1 Å². The van der Waals surface area contributed by atoms with E-state index in [4.69, 9.17) is 15.6 Å². The van der Waals surface area contributed by atoms with Crippen molar-refractivity contribution in [2.75, 3.05) is 5.73 Å². The summed E-state index contributed by atoms with van der Waals surface area (Å²) in [5.41, 5.74) is 6.51. The molecule has 5 nitrogen and oxygen atoms in total. The van der Waals surface area contributed by atoms with Crippen LogP contribution in [0.2, 0.25) is 0 Å². The van der Waals surface area contributed by atoms with E-state index in [0.29, 0.717) is 5.56 Å². The molecular formula is C14H19NO4. The van der Waals surface area contributed by atoms with Crippen molar-refractivity contribution in [1.29, 1.82) is 0 Å². The van der Waals surface area contributed by atoms with Crippen LogP contribution in [-0.4, -0.2) is 22.6 Å². The first-order valence-corrected chi connectivity index (χ1v) is 6.03. The minimum atomic E-state index is -0.901. The van der Waals surface area contributed by atoms with Gasteiger partial charge in [0, 0.05) is 12.1 Å². The molecule has 1 aromatic rings. The van der Waals surface area contributed by atoms with E-state index in [1.54, 1.807) is 39.0 Å². The number of hydrogen-bond acceptors (Lipinski definition) is 4. The fourth-order valence-electron chi connectivity index (χ4n) is 1.58. The van der Waals surface area contributed by atoms with E-state index in [2.05, 4.69) is 0 Å². The Morgan fingerprint density at radius 1 is 1.32 bits per heavy atom. The number of rotatable bonds is 4. The molecular weight excluding hydrogens is 246 g/mol. The second kappa shape index (κ2) is 5.73. The van der Waals surface area contributed by atoms with Gasteiger partial charge in [-0.15, -0.1) is 0 Å². The molecule has 5 heteroatoms. The van der Waals surface area contributed by atoms with E-state index >= 15 is 0 Å². The van der Waals surface area contributed by atoms with Crippen molar-refractivity contribution < 1.29 is 19.4 Å². The van der Waals surface area contributed by atoms with Crippen LogP contribution in [0.3, 0.4) is 0 Å².